The van der Waals surface area contributed by atoms with E-state index in [1.807, 2.05) is 6.07 Å². The average Bonchev–Trinajstić information content (AvgIpc) is 2.90. The Bertz CT molecular complexity index is 499. The fourth-order valence-electron chi connectivity index (χ4n) is 1.86. The van der Waals surface area contributed by atoms with E-state index < -0.39 is 0 Å². The van der Waals surface area contributed by atoms with Crippen LogP contribution in [0.25, 0.3) is 0 Å². The summed E-state index contributed by atoms with van der Waals surface area (Å²) >= 11 is 7.57. The SMILES string of the molecule is Clc1ccc(Cn2ccc(CNC3CC3)c2)s1. The van der Waals surface area contributed by atoms with E-state index in [0.717, 1.165) is 23.5 Å². The van der Waals surface area contributed by atoms with Gasteiger partial charge in [-0.2, -0.15) is 0 Å². The molecule has 0 unspecified atom stereocenters. The van der Waals surface area contributed by atoms with Crippen LogP contribution >= 0.6 is 22.9 Å². The zero-order chi connectivity index (χ0) is 11.7. The maximum absolute atomic E-state index is 5.92. The molecule has 0 saturated heterocycles. The number of hydrogen-bond donors (Lipinski definition) is 1. The summed E-state index contributed by atoms with van der Waals surface area (Å²) < 4.78 is 3.08. The Kier molecular flexibility index (Phi) is 3.23. The van der Waals surface area contributed by atoms with Gasteiger partial charge in [0.05, 0.1) is 10.9 Å². The van der Waals surface area contributed by atoms with Gasteiger partial charge in [-0.15, -0.1) is 11.3 Å². The smallest absolute Gasteiger partial charge is 0.0931 e. The summed E-state index contributed by atoms with van der Waals surface area (Å²) in [5.41, 5.74) is 1.36. The van der Waals surface area contributed by atoms with Crippen molar-refractivity contribution < 1.29 is 0 Å². The molecule has 1 saturated carbocycles. The van der Waals surface area contributed by atoms with Gasteiger partial charge in [-0.25, -0.2) is 0 Å². The van der Waals surface area contributed by atoms with Crippen molar-refractivity contribution in [1.29, 1.82) is 0 Å². The molecule has 0 amide bonds. The number of nitrogens with one attached hydrogen (secondary N) is 1. The van der Waals surface area contributed by atoms with Gasteiger partial charge in [0, 0.05) is 29.9 Å². The van der Waals surface area contributed by atoms with E-state index in [-0.39, 0.29) is 0 Å². The van der Waals surface area contributed by atoms with Crippen molar-refractivity contribution in [2.75, 3.05) is 0 Å². The van der Waals surface area contributed by atoms with Gasteiger partial charge in [0.25, 0.3) is 0 Å². The predicted octanol–water partition coefficient (Wildman–Crippen LogP) is 3.50. The number of halogens is 1. The number of thiophene rings is 1. The lowest BCUT2D eigenvalue weighted by Gasteiger charge is -2.00. The van der Waals surface area contributed by atoms with Crippen molar-refractivity contribution in [3.8, 4) is 0 Å². The highest BCUT2D eigenvalue weighted by atomic mass is 35.5. The highest BCUT2D eigenvalue weighted by Gasteiger charge is 2.19. The second kappa shape index (κ2) is 4.84. The van der Waals surface area contributed by atoms with Crippen LogP contribution in [0.4, 0.5) is 0 Å². The summed E-state index contributed by atoms with van der Waals surface area (Å²) in [6.45, 7) is 1.91. The summed E-state index contributed by atoms with van der Waals surface area (Å²) in [5.74, 6) is 0. The molecule has 0 radical (unpaired) electrons. The van der Waals surface area contributed by atoms with E-state index in [1.165, 1.54) is 23.3 Å². The third kappa shape index (κ3) is 3.12. The van der Waals surface area contributed by atoms with Gasteiger partial charge >= 0.3 is 0 Å². The van der Waals surface area contributed by atoms with Crippen LogP contribution in [0.2, 0.25) is 4.34 Å². The van der Waals surface area contributed by atoms with Gasteiger partial charge in [0.2, 0.25) is 0 Å². The van der Waals surface area contributed by atoms with E-state index in [9.17, 15) is 0 Å². The molecule has 1 N–H and O–H groups in total. The Morgan fingerprint density at radius 2 is 2.24 bits per heavy atom. The minimum Gasteiger partial charge on any atom is -0.349 e. The van der Waals surface area contributed by atoms with Crippen molar-refractivity contribution in [3.05, 3.63) is 45.4 Å². The van der Waals surface area contributed by atoms with Gasteiger partial charge in [0.1, 0.15) is 0 Å². The Morgan fingerprint density at radius 1 is 1.35 bits per heavy atom. The van der Waals surface area contributed by atoms with Gasteiger partial charge in [-0.3, -0.25) is 0 Å². The molecule has 1 aliphatic rings. The molecule has 2 heterocycles. The van der Waals surface area contributed by atoms with Gasteiger partial charge in [0.15, 0.2) is 0 Å². The van der Waals surface area contributed by atoms with E-state index >= 15 is 0 Å². The number of aromatic nitrogens is 1. The second-order valence-electron chi connectivity index (χ2n) is 4.55. The summed E-state index contributed by atoms with van der Waals surface area (Å²) in [6.07, 6.45) is 7.03. The second-order valence-corrected chi connectivity index (χ2v) is 6.35. The van der Waals surface area contributed by atoms with Crippen LogP contribution in [0.1, 0.15) is 23.3 Å². The first kappa shape index (κ1) is 11.3. The largest absolute Gasteiger partial charge is 0.349 e. The monoisotopic (exact) mass is 266 g/mol. The van der Waals surface area contributed by atoms with Crippen molar-refractivity contribution in [1.82, 2.24) is 9.88 Å². The summed E-state index contributed by atoms with van der Waals surface area (Å²) in [6, 6.07) is 7.01. The lowest BCUT2D eigenvalue weighted by Crippen LogP contribution is -2.14. The number of hydrogen-bond acceptors (Lipinski definition) is 2. The minimum absolute atomic E-state index is 0.773. The molecular formula is C13H15ClN2S. The molecule has 1 fully saturated rings. The molecule has 0 atom stereocenters. The van der Waals surface area contributed by atoms with Crippen LogP contribution in [-0.2, 0) is 13.1 Å². The highest BCUT2D eigenvalue weighted by molar-refractivity contribution is 7.16. The quantitative estimate of drug-likeness (QED) is 0.876. The third-order valence-corrected chi connectivity index (χ3v) is 4.17. The standard InChI is InChI=1S/C13H15ClN2S/c14-13-4-3-12(17-13)9-16-6-5-10(8-16)7-15-11-1-2-11/h3-6,8,11,15H,1-2,7,9H2. The van der Waals surface area contributed by atoms with Crippen molar-refractivity contribution in [3.63, 3.8) is 0 Å². The van der Waals surface area contributed by atoms with Gasteiger partial charge in [-0.05, 0) is 36.6 Å². The molecule has 2 aromatic heterocycles. The molecule has 1 aliphatic carbocycles. The molecule has 90 valence electrons. The van der Waals surface area contributed by atoms with Crippen LogP contribution in [0.5, 0.6) is 0 Å². The zero-order valence-electron chi connectivity index (χ0n) is 9.53. The van der Waals surface area contributed by atoms with Crippen molar-refractivity contribution >= 4 is 22.9 Å². The summed E-state index contributed by atoms with van der Waals surface area (Å²) in [4.78, 5) is 1.30. The average molecular weight is 267 g/mol. The zero-order valence-corrected chi connectivity index (χ0v) is 11.1. The van der Waals surface area contributed by atoms with Crippen molar-refractivity contribution in [2.45, 2.75) is 32.0 Å². The maximum Gasteiger partial charge on any atom is 0.0931 e. The van der Waals surface area contributed by atoms with E-state index in [1.54, 1.807) is 11.3 Å². The molecule has 0 aromatic carbocycles. The van der Waals surface area contributed by atoms with Crippen LogP contribution in [0, 0.1) is 0 Å². The Hall–Kier alpha value is -0.770. The molecule has 4 heteroatoms. The summed E-state index contributed by atoms with van der Waals surface area (Å²) in [5, 5.41) is 3.52. The fraction of sp³-hybridized carbons (Fsp3) is 0.385. The molecule has 3 rings (SSSR count). The maximum atomic E-state index is 5.92. The first-order chi connectivity index (χ1) is 8.29. The van der Waals surface area contributed by atoms with E-state index in [4.69, 9.17) is 11.6 Å². The lowest BCUT2D eigenvalue weighted by atomic mass is 10.3. The Labute approximate surface area is 110 Å². The molecule has 0 spiro atoms. The molecule has 2 aromatic rings. The molecule has 2 nitrogen and oxygen atoms in total. The molecule has 0 bridgehead atoms. The van der Waals surface area contributed by atoms with E-state index in [2.05, 4.69) is 34.4 Å². The van der Waals surface area contributed by atoms with E-state index in [0.29, 0.717) is 0 Å². The highest BCUT2D eigenvalue weighted by Crippen LogP contribution is 2.22. The first-order valence-electron chi connectivity index (χ1n) is 5.92. The van der Waals surface area contributed by atoms with Gasteiger partial charge < -0.3 is 9.88 Å². The number of nitrogens with zero attached hydrogens (tertiary/aromatic N) is 1. The number of rotatable bonds is 5. The van der Waals surface area contributed by atoms with Crippen LogP contribution in [0.3, 0.4) is 0 Å². The van der Waals surface area contributed by atoms with Crippen molar-refractivity contribution in [2.24, 2.45) is 0 Å². The molecule has 17 heavy (non-hydrogen) atoms. The molecular weight excluding hydrogens is 252 g/mol. The Morgan fingerprint density at radius 3 is 2.94 bits per heavy atom. The van der Waals surface area contributed by atoms with Crippen LogP contribution < -0.4 is 5.32 Å². The lowest BCUT2D eigenvalue weighted by molar-refractivity contribution is 0.685. The molecule has 0 aliphatic heterocycles. The normalized spacial score (nSPS) is 15.4. The fourth-order valence-corrected chi connectivity index (χ4v) is 2.96. The first-order valence-corrected chi connectivity index (χ1v) is 7.11. The third-order valence-electron chi connectivity index (χ3n) is 2.95. The van der Waals surface area contributed by atoms with Crippen LogP contribution in [-0.4, -0.2) is 10.6 Å². The summed E-state index contributed by atoms with van der Waals surface area (Å²) in [7, 11) is 0. The van der Waals surface area contributed by atoms with Crippen LogP contribution in [0.15, 0.2) is 30.6 Å². The van der Waals surface area contributed by atoms with Gasteiger partial charge in [-0.1, -0.05) is 11.6 Å². The minimum atomic E-state index is 0.773. The predicted molar refractivity (Wildman–Crippen MR) is 72.7 cm³/mol. The Balaban J connectivity index is 1.59. The topological polar surface area (TPSA) is 17.0 Å².